The van der Waals surface area contributed by atoms with Crippen molar-refractivity contribution >= 4 is 29.5 Å². The van der Waals surface area contributed by atoms with Crippen LogP contribution in [0.2, 0.25) is 0 Å². The Morgan fingerprint density at radius 2 is 2.00 bits per heavy atom. The SMILES string of the molecule is CN/C(C)=C\C(N)=Nc1cc(-c2ccnc(N3CCc4c(c(F)c5n4CCCC5)C3=O)c2C=O)cn(C)c1=O. The summed E-state index contributed by atoms with van der Waals surface area (Å²) in [6.07, 6.45) is 8.20. The molecule has 2 aliphatic heterocycles. The van der Waals surface area contributed by atoms with Crippen molar-refractivity contribution in [3.63, 3.8) is 0 Å². The van der Waals surface area contributed by atoms with Gasteiger partial charge >= 0.3 is 0 Å². The van der Waals surface area contributed by atoms with E-state index in [0.29, 0.717) is 48.2 Å². The molecule has 0 radical (unpaired) electrons. The number of halogens is 1. The van der Waals surface area contributed by atoms with Gasteiger partial charge in [0.05, 0.1) is 16.8 Å². The predicted molar refractivity (Wildman–Crippen MR) is 147 cm³/mol. The quantitative estimate of drug-likeness (QED) is 0.286. The summed E-state index contributed by atoms with van der Waals surface area (Å²) in [5, 5.41) is 2.94. The van der Waals surface area contributed by atoms with Crippen molar-refractivity contribution in [1.29, 1.82) is 0 Å². The van der Waals surface area contributed by atoms with Crippen LogP contribution in [0, 0.1) is 5.82 Å². The third kappa shape index (κ3) is 4.53. The monoisotopic (exact) mass is 531 g/mol. The molecule has 0 saturated heterocycles. The molecule has 0 bridgehead atoms. The second kappa shape index (κ2) is 10.3. The van der Waals surface area contributed by atoms with Gasteiger partial charge in [-0.1, -0.05) is 0 Å². The number of amidine groups is 1. The summed E-state index contributed by atoms with van der Waals surface area (Å²) in [5.74, 6) is -0.695. The van der Waals surface area contributed by atoms with Gasteiger partial charge in [-0.2, -0.15) is 0 Å². The van der Waals surface area contributed by atoms with Crippen LogP contribution in [0.5, 0.6) is 0 Å². The van der Waals surface area contributed by atoms with Crippen molar-refractivity contribution in [2.75, 3.05) is 18.5 Å². The lowest BCUT2D eigenvalue weighted by Gasteiger charge is -2.28. The van der Waals surface area contributed by atoms with Crippen LogP contribution in [-0.2, 0) is 26.4 Å². The number of nitrogens with two attached hydrogens (primary N) is 1. The molecular formula is C28H30FN7O3. The molecule has 0 aliphatic carbocycles. The van der Waals surface area contributed by atoms with Crippen LogP contribution >= 0.6 is 0 Å². The van der Waals surface area contributed by atoms with Gasteiger partial charge in [-0.25, -0.2) is 14.4 Å². The molecular weight excluding hydrogens is 501 g/mol. The van der Waals surface area contributed by atoms with Crippen LogP contribution in [-0.4, -0.2) is 45.7 Å². The summed E-state index contributed by atoms with van der Waals surface area (Å²) < 4.78 is 18.7. The lowest BCUT2D eigenvalue weighted by atomic mass is 10.0. The van der Waals surface area contributed by atoms with Crippen LogP contribution in [0.1, 0.15) is 51.9 Å². The number of hydrogen-bond acceptors (Lipinski definition) is 6. The fourth-order valence-electron chi connectivity index (χ4n) is 5.33. The molecule has 5 rings (SSSR count). The summed E-state index contributed by atoms with van der Waals surface area (Å²) >= 11 is 0. The Labute approximate surface area is 224 Å². The first kappa shape index (κ1) is 26.1. The fraction of sp³-hybridized carbons (Fsp3) is 0.321. The molecule has 0 spiro atoms. The highest BCUT2D eigenvalue weighted by Crippen LogP contribution is 2.35. The van der Waals surface area contributed by atoms with Gasteiger partial charge in [0.2, 0.25) is 0 Å². The molecule has 3 aromatic rings. The summed E-state index contributed by atoms with van der Waals surface area (Å²) in [6.45, 7) is 2.78. The maximum atomic E-state index is 15.4. The van der Waals surface area contributed by atoms with E-state index in [1.165, 1.54) is 15.7 Å². The number of pyridine rings is 2. The summed E-state index contributed by atoms with van der Waals surface area (Å²) in [5.41, 5.74) is 8.99. The zero-order valence-electron chi connectivity index (χ0n) is 22.1. The van der Waals surface area contributed by atoms with Gasteiger partial charge in [-0.15, -0.1) is 0 Å². The average molecular weight is 532 g/mol. The second-order valence-corrected chi connectivity index (χ2v) is 9.76. The lowest BCUT2D eigenvalue weighted by molar-refractivity contribution is 0.0975. The number of allylic oxidation sites excluding steroid dienone is 1. The summed E-state index contributed by atoms with van der Waals surface area (Å²) in [7, 11) is 3.32. The number of nitrogens with zero attached hydrogens (tertiary/aromatic N) is 5. The van der Waals surface area contributed by atoms with Gasteiger partial charge in [0.15, 0.2) is 12.1 Å². The molecule has 3 N–H and O–H groups in total. The highest BCUT2D eigenvalue weighted by molar-refractivity contribution is 6.10. The van der Waals surface area contributed by atoms with Crippen LogP contribution in [0.15, 0.2) is 46.1 Å². The van der Waals surface area contributed by atoms with Crippen LogP contribution in [0.3, 0.4) is 0 Å². The Hall–Kier alpha value is -4.54. The number of hydrogen-bond donors (Lipinski definition) is 2. The summed E-state index contributed by atoms with van der Waals surface area (Å²) in [6, 6.07) is 3.17. The molecule has 11 heteroatoms. The number of rotatable bonds is 6. The maximum absolute atomic E-state index is 15.4. The molecule has 1 amide bonds. The number of nitrogens with one attached hydrogen (secondary N) is 1. The smallest absolute Gasteiger partial charge is 0.276 e. The highest BCUT2D eigenvalue weighted by Gasteiger charge is 2.36. The molecule has 0 saturated carbocycles. The van der Waals surface area contributed by atoms with Crippen molar-refractivity contribution < 1.29 is 14.0 Å². The fourth-order valence-corrected chi connectivity index (χ4v) is 5.33. The number of aromatic nitrogens is 3. The van der Waals surface area contributed by atoms with Gasteiger partial charge in [0, 0.05) is 63.0 Å². The second-order valence-electron chi connectivity index (χ2n) is 9.76. The Bertz CT molecular complexity index is 1620. The van der Waals surface area contributed by atoms with E-state index in [1.807, 2.05) is 11.5 Å². The minimum absolute atomic E-state index is 0.0707. The molecule has 5 heterocycles. The Morgan fingerprint density at radius 1 is 1.21 bits per heavy atom. The first-order chi connectivity index (χ1) is 18.7. The molecule has 3 aromatic heterocycles. The van der Waals surface area contributed by atoms with Gasteiger partial charge < -0.3 is 20.2 Å². The van der Waals surface area contributed by atoms with Crippen molar-refractivity contribution in [2.24, 2.45) is 17.8 Å². The predicted octanol–water partition coefficient (Wildman–Crippen LogP) is 2.85. The van der Waals surface area contributed by atoms with Crippen LogP contribution in [0.4, 0.5) is 15.9 Å². The topological polar surface area (TPSA) is 128 Å². The molecule has 0 aromatic carbocycles. The minimum Gasteiger partial charge on any atom is -0.392 e. The average Bonchev–Trinajstić information content (AvgIpc) is 3.23. The number of aldehydes is 1. The first-order valence-electron chi connectivity index (χ1n) is 12.8. The number of aliphatic imine (C=N–C) groups is 1. The largest absolute Gasteiger partial charge is 0.392 e. The molecule has 202 valence electrons. The Morgan fingerprint density at radius 3 is 2.74 bits per heavy atom. The highest BCUT2D eigenvalue weighted by atomic mass is 19.1. The molecule has 39 heavy (non-hydrogen) atoms. The minimum atomic E-state index is -0.506. The molecule has 0 fully saturated rings. The van der Waals surface area contributed by atoms with E-state index in [-0.39, 0.29) is 40.6 Å². The van der Waals surface area contributed by atoms with Crippen molar-refractivity contribution in [3.8, 4) is 11.1 Å². The number of amides is 1. The molecule has 2 aliphatic rings. The van der Waals surface area contributed by atoms with E-state index >= 15 is 4.39 Å². The van der Waals surface area contributed by atoms with E-state index in [4.69, 9.17) is 5.73 Å². The van der Waals surface area contributed by atoms with Gasteiger partial charge in [-0.05, 0) is 50.0 Å². The van der Waals surface area contributed by atoms with Crippen molar-refractivity contribution in [2.45, 2.75) is 39.2 Å². The normalized spacial score (nSPS) is 15.7. The maximum Gasteiger partial charge on any atom is 0.276 e. The van der Waals surface area contributed by atoms with E-state index in [2.05, 4.69) is 15.3 Å². The summed E-state index contributed by atoms with van der Waals surface area (Å²) in [4.78, 5) is 48.8. The molecule has 0 atom stereocenters. The van der Waals surface area contributed by atoms with Crippen molar-refractivity contribution in [3.05, 3.63) is 75.0 Å². The Kier molecular flexibility index (Phi) is 6.90. The van der Waals surface area contributed by atoms with Gasteiger partial charge in [0.25, 0.3) is 11.5 Å². The number of carbonyl (C=O) groups excluding carboxylic acids is 2. The number of carbonyl (C=O) groups is 2. The van der Waals surface area contributed by atoms with E-state index in [1.54, 1.807) is 38.5 Å². The molecule has 0 unspecified atom stereocenters. The third-order valence-electron chi connectivity index (χ3n) is 7.32. The van der Waals surface area contributed by atoms with Crippen molar-refractivity contribution in [1.82, 2.24) is 19.4 Å². The van der Waals surface area contributed by atoms with Gasteiger partial charge in [-0.3, -0.25) is 19.3 Å². The Balaban J connectivity index is 1.58. The van der Waals surface area contributed by atoms with E-state index in [9.17, 15) is 14.4 Å². The lowest BCUT2D eigenvalue weighted by Crippen LogP contribution is -2.39. The van der Waals surface area contributed by atoms with Crippen LogP contribution in [0.25, 0.3) is 11.1 Å². The van der Waals surface area contributed by atoms with Crippen LogP contribution < -0.4 is 21.5 Å². The molecule has 10 nitrogen and oxygen atoms in total. The number of anilines is 1. The van der Waals surface area contributed by atoms with E-state index in [0.717, 1.165) is 18.5 Å². The van der Waals surface area contributed by atoms with E-state index < -0.39 is 11.7 Å². The van der Waals surface area contributed by atoms with Gasteiger partial charge in [0.1, 0.15) is 17.3 Å². The number of aryl methyl sites for hydroxylation is 1. The third-order valence-corrected chi connectivity index (χ3v) is 7.32. The standard InChI is InChI=1S/C28H30FN7O3/c1-16(31-2)12-23(30)33-20-13-17(14-34(3)27(20)38)18-7-9-32-26(19(18)15-37)36-11-8-21-24(28(36)39)25(29)22-6-4-5-10-35(21)22/h7,9,12-15,31H,4-6,8,10-11H2,1-3H3,(H2,30,33)/b16-12-. The number of fused-ring (bicyclic) bond motifs is 3. The zero-order valence-corrected chi connectivity index (χ0v) is 22.1. The first-order valence-corrected chi connectivity index (χ1v) is 12.8. The zero-order chi connectivity index (χ0) is 27.8.